The number of nitrogens with zero attached hydrogens (tertiary/aromatic N) is 1. The summed E-state index contributed by atoms with van der Waals surface area (Å²) in [5.74, 6) is 0.886. The van der Waals surface area contributed by atoms with Crippen molar-refractivity contribution >= 4 is 5.91 Å². The summed E-state index contributed by atoms with van der Waals surface area (Å²) in [7, 11) is 2.22. The maximum atomic E-state index is 12.8. The molecule has 3 fully saturated rings. The van der Waals surface area contributed by atoms with E-state index < -0.39 is 0 Å². The second-order valence-corrected chi connectivity index (χ2v) is 7.76. The van der Waals surface area contributed by atoms with Crippen LogP contribution in [0.4, 0.5) is 0 Å². The van der Waals surface area contributed by atoms with Gasteiger partial charge in [0.25, 0.3) is 0 Å². The predicted octanol–water partition coefficient (Wildman–Crippen LogP) is 2.15. The quantitative estimate of drug-likeness (QED) is 0.818. The highest BCUT2D eigenvalue weighted by Crippen LogP contribution is 2.43. The van der Waals surface area contributed by atoms with Crippen molar-refractivity contribution in [2.24, 2.45) is 11.3 Å². The van der Waals surface area contributed by atoms with E-state index in [0.29, 0.717) is 11.8 Å². The molecule has 2 saturated carbocycles. The van der Waals surface area contributed by atoms with Gasteiger partial charge in [0, 0.05) is 25.7 Å². The van der Waals surface area contributed by atoms with Crippen molar-refractivity contribution in [3.05, 3.63) is 0 Å². The maximum Gasteiger partial charge on any atom is 0.227 e. The fourth-order valence-electron chi connectivity index (χ4n) is 4.92. The standard InChI is InChI=1S/C18H33N3O/c1-21(16-8-3-2-4-9-16)12-11-20-17(22)18-10-6-5-7-15(18)13-19-14-18/h15-16,19H,2-14H2,1H3,(H,20,22)/t15-,18+/m0/s1. The highest BCUT2D eigenvalue weighted by Gasteiger charge is 2.49. The van der Waals surface area contributed by atoms with E-state index >= 15 is 0 Å². The molecule has 1 amide bonds. The summed E-state index contributed by atoms with van der Waals surface area (Å²) in [5, 5.41) is 6.73. The first-order chi connectivity index (χ1) is 10.7. The van der Waals surface area contributed by atoms with Crippen molar-refractivity contribution in [2.45, 2.75) is 63.8 Å². The molecule has 22 heavy (non-hydrogen) atoms. The molecule has 2 aliphatic carbocycles. The Morgan fingerprint density at radius 1 is 1.18 bits per heavy atom. The van der Waals surface area contributed by atoms with Crippen molar-refractivity contribution < 1.29 is 4.79 Å². The number of likely N-dealkylation sites (N-methyl/N-ethyl adjacent to an activating group) is 1. The van der Waals surface area contributed by atoms with Crippen LogP contribution in [0.1, 0.15) is 57.8 Å². The minimum absolute atomic E-state index is 0.0956. The van der Waals surface area contributed by atoms with Crippen molar-refractivity contribution in [1.82, 2.24) is 15.5 Å². The van der Waals surface area contributed by atoms with Crippen LogP contribution in [0.2, 0.25) is 0 Å². The number of hydrogen-bond acceptors (Lipinski definition) is 3. The Balaban J connectivity index is 1.45. The summed E-state index contributed by atoms with van der Waals surface area (Å²) in [6.07, 6.45) is 11.6. The maximum absolute atomic E-state index is 12.8. The van der Waals surface area contributed by atoms with Gasteiger partial charge in [-0.25, -0.2) is 0 Å². The third-order valence-corrected chi connectivity index (χ3v) is 6.44. The zero-order chi connectivity index (χ0) is 15.4. The van der Waals surface area contributed by atoms with E-state index in [0.717, 1.165) is 38.6 Å². The van der Waals surface area contributed by atoms with Crippen molar-refractivity contribution in [2.75, 3.05) is 33.2 Å². The molecule has 2 atom stereocenters. The summed E-state index contributed by atoms with van der Waals surface area (Å²) in [6.45, 7) is 3.72. The van der Waals surface area contributed by atoms with Gasteiger partial charge in [-0.05, 0) is 45.2 Å². The molecule has 0 radical (unpaired) electrons. The van der Waals surface area contributed by atoms with Gasteiger partial charge in [-0.3, -0.25) is 4.79 Å². The molecule has 0 spiro atoms. The minimum Gasteiger partial charge on any atom is -0.354 e. The second-order valence-electron chi connectivity index (χ2n) is 7.76. The van der Waals surface area contributed by atoms with Crippen LogP contribution >= 0.6 is 0 Å². The SMILES string of the molecule is CN(CCNC(=O)[C@@]12CCCC[C@H]1CNC2)C1CCCCC1. The molecule has 1 saturated heterocycles. The number of amides is 1. The van der Waals surface area contributed by atoms with Crippen LogP contribution < -0.4 is 10.6 Å². The zero-order valence-electron chi connectivity index (χ0n) is 14.2. The largest absolute Gasteiger partial charge is 0.354 e. The smallest absolute Gasteiger partial charge is 0.227 e. The first kappa shape index (κ1) is 16.3. The summed E-state index contributed by atoms with van der Waals surface area (Å²) in [6, 6.07) is 0.736. The second kappa shape index (κ2) is 7.31. The van der Waals surface area contributed by atoms with E-state index in [2.05, 4.69) is 22.6 Å². The molecule has 3 rings (SSSR count). The van der Waals surface area contributed by atoms with E-state index in [-0.39, 0.29) is 5.41 Å². The molecule has 1 heterocycles. The number of rotatable bonds is 5. The normalized spacial score (nSPS) is 32.9. The number of hydrogen-bond donors (Lipinski definition) is 2. The van der Waals surface area contributed by atoms with Gasteiger partial charge in [0.1, 0.15) is 0 Å². The summed E-state index contributed by atoms with van der Waals surface area (Å²) in [5.41, 5.74) is -0.0956. The number of nitrogens with one attached hydrogen (secondary N) is 2. The third kappa shape index (κ3) is 3.33. The van der Waals surface area contributed by atoms with Crippen molar-refractivity contribution in [3.63, 3.8) is 0 Å². The number of fused-ring (bicyclic) bond motifs is 1. The molecule has 0 aromatic heterocycles. The molecule has 0 unspecified atom stereocenters. The van der Waals surface area contributed by atoms with Crippen LogP contribution in [0.3, 0.4) is 0 Å². The molecule has 0 aromatic carbocycles. The summed E-state index contributed by atoms with van der Waals surface area (Å²) < 4.78 is 0. The van der Waals surface area contributed by atoms with E-state index in [1.807, 2.05) is 0 Å². The Hall–Kier alpha value is -0.610. The van der Waals surface area contributed by atoms with E-state index in [1.54, 1.807) is 0 Å². The molecular weight excluding hydrogens is 274 g/mol. The molecule has 126 valence electrons. The Labute approximate surface area is 135 Å². The molecular formula is C18H33N3O. The first-order valence-corrected chi connectivity index (χ1v) is 9.42. The fraction of sp³-hybridized carbons (Fsp3) is 0.944. The minimum atomic E-state index is -0.0956. The number of carbonyl (C=O) groups excluding carboxylic acids is 1. The lowest BCUT2D eigenvalue weighted by atomic mass is 9.67. The van der Waals surface area contributed by atoms with Gasteiger partial charge in [-0.1, -0.05) is 32.1 Å². The van der Waals surface area contributed by atoms with E-state index in [1.165, 1.54) is 51.4 Å². The van der Waals surface area contributed by atoms with Crippen LogP contribution in [-0.4, -0.2) is 50.1 Å². The average Bonchev–Trinajstić information content (AvgIpc) is 3.00. The van der Waals surface area contributed by atoms with Gasteiger partial charge in [0.2, 0.25) is 5.91 Å². The van der Waals surface area contributed by atoms with Crippen LogP contribution in [0, 0.1) is 11.3 Å². The Bertz CT molecular complexity index is 381. The monoisotopic (exact) mass is 307 g/mol. The lowest BCUT2D eigenvalue weighted by Gasteiger charge is -2.37. The van der Waals surface area contributed by atoms with Crippen LogP contribution in [0.15, 0.2) is 0 Å². The van der Waals surface area contributed by atoms with Gasteiger partial charge in [0.05, 0.1) is 5.41 Å². The average molecular weight is 307 g/mol. The predicted molar refractivity (Wildman–Crippen MR) is 89.8 cm³/mol. The molecule has 2 N–H and O–H groups in total. The van der Waals surface area contributed by atoms with E-state index in [4.69, 9.17) is 0 Å². The fourth-order valence-corrected chi connectivity index (χ4v) is 4.92. The molecule has 4 heteroatoms. The van der Waals surface area contributed by atoms with Gasteiger partial charge >= 0.3 is 0 Å². The van der Waals surface area contributed by atoms with Crippen molar-refractivity contribution in [3.8, 4) is 0 Å². The van der Waals surface area contributed by atoms with Crippen LogP contribution in [-0.2, 0) is 4.79 Å². The summed E-state index contributed by atoms with van der Waals surface area (Å²) in [4.78, 5) is 15.3. The van der Waals surface area contributed by atoms with Crippen LogP contribution in [0.25, 0.3) is 0 Å². The highest BCUT2D eigenvalue weighted by molar-refractivity contribution is 5.83. The lowest BCUT2D eigenvalue weighted by Crippen LogP contribution is -2.49. The first-order valence-electron chi connectivity index (χ1n) is 9.42. The summed E-state index contributed by atoms with van der Waals surface area (Å²) >= 11 is 0. The zero-order valence-corrected chi connectivity index (χ0v) is 14.2. The Morgan fingerprint density at radius 2 is 1.95 bits per heavy atom. The Morgan fingerprint density at radius 3 is 2.77 bits per heavy atom. The number of carbonyl (C=O) groups is 1. The third-order valence-electron chi connectivity index (χ3n) is 6.44. The van der Waals surface area contributed by atoms with Gasteiger partial charge < -0.3 is 15.5 Å². The lowest BCUT2D eigenvalue weighted by molar-refractivity contribution is -0.134. The highest BCUT2D eigenvalue weighted by atomic mass is 16.2. The molecule has 3 aliphatic rings. The topological polar surface area (TPSA) is 44.4 Å². The van der Waals surface area contributed by atoms with Crippen molar-refractivity contribution in [1.29, 1.82) is 0 Å². The van der Waals surface area contributed by atoms with Gasteiger partial charge in [0.15, 0.2) is 0 Å². The van der Waals surface area contributed by atoms with E-state index in [9.17, 15) is 4.79 Å². The molecule has 0 bridgehead atoms. The Kier molecular flexibility index (Phi) is 5.40. The molecule has 1 aliphatic heterocycles. The molecule has 0 aromatic rings. The van der Waals surface area contributed by atoms with Gasteiger partial charge in [-0.2, -0.15) is 0 Å². The van der Waals surface area contributed by atoms with Gasteiger partial charge in [-0.15, -0.1) is 0 Å². The molecule has 4 nitrogen and oxygen atoms in total. The van der Waals surface area contributed by atoms with Crippen LogP contribution in [0.5, 0.6) is 0 Å².